The van der Waals surface area contributed by atoms with Crippen molar-refractivity contribution in [2.24, 2.45) is 5.92 Å². The molecule has 7 nitrogen and oxygen atoms in total. The summed E-state index contributed by atoms with van der Waals surface area (Å²) in [6.45, 7) is 0. The van der Waals surface area contributed by atoms with Crippen LogP contribution in [-0.2, 0) is 11.2 Å². The summed E-state index contributed by atoms with van der Waals surface area (Å²) in [6, 6.07) is 4.08. The highest BCUT2D eigenvalue weighted by molar-refractivity contribution is 5.95. The van der Waals surface area contributed by atoms with Crippen molar-refractivity contribution in [3.63, 3.8) is 0 Å². The van der Waals surface area contributed by atoms with Gasteiger partial charge in [-0.25, -0.2) is 9.89 Å². The van der Waals surface area contributed by atoms with Gasteiger partial charge in [-0.1, -0.05) is 12.8 Å². The van der Waals surface area contributed by atoms with Crippen molar-refractivity contribution in [2.45, 2.75) is 38.1 Å². The number of pyridine rings is 1. The third kappa shape index (κ3) is 2.94. The van der Waals surface area contributed by atoms with Crippen molar-refractivity contribution >= 4 is 5.97 Å². The maximum absolute atomic E-state index is 12.2. The Morgan fingerprint density at radius 2 is 2.23 bits per heavy atom. The van der Waals surface area contributed by atoms with E-state index in [9.17, 15) is 9.59 Å². The summed E-state index contributed by atoms with van der Waals surface area (Å²) in [5.74, 6) is 0.851. The zero-order valence-corrected chi connectivity index (χ0v) is 14.6. The Bertz CT molecular complexity index is 925. The SMILES string of the molecule is COC(=O)c1cn([C@H]2CCCC[C@@H]2Cc2ccco2)cc2c(=O)[nH]nc1-2. The smallest absolute Gasteiger partial charge is 0.341 e. The number of nitrogens with one attached hydrogen (secondary N) is 1. The number of carbonyl (C=O) groups excluding carboxylic acids is 1. The average Bonchev–Trinajstić information content (AvgIpc) is 3.31. The fourth-order valence-corrected chi connectivity index (χ4v) is 4.01. The lowest BCUT2D eigenvalue weighted by atomic mass is 9.81. The van der Waals surface area contributed by atoms with E-state index in [1.165, 1.54) is 13.5 Å². The van der Waals surface area contributed by atoms with E-state index in [1.54, 1.807) is 18.7 Å². The first-order valence-corrected chi connectivity index (χ1v) is 8.88. The zero-order chi connectivity index (χ0) is 18.1. The number of hydrogen-bond donors (Lipinski definition) is 1. The van der Waals surface area contributed by atoms with Crippen LogP contribution < -0.4 is 5.56 Å². The summed E-state index contributed by atoms with van der Waals surface area (Å²) in [4.78, 5) is 24.3. The molecule has 26 heavy (non-hydrogen) atoms. The number of aromatic amines is 1. The van der Waals surface area contributed by atoms with Crippen molar-refractivity contribution in [2.75, 3.05) is 7.11 Å². The van der Waals surface area contributed by atoms with Gasteiger partial charge >= 0.3 is 5.97 Å². The van der Waals surface area contributed by atoms with Crippen molar-refractivity contribution in [3.8, 4) is 11.3 Å². The lowest BCUT2D eigenvalue weighted by Gasteiger charge is -2.33. The number of ether oxygens (including phenoxy) is 1. The number of rotatable bonds is 4. The number of esters is 1. The molecule has 1 aliphatic carbocycles. The molecule has 1 aromatic rings. The highest BCUT2D eigenvalue weighted by Gasteiger charge is 2.30. The standard InChI is InChI=1S/C19H21N3O4/c1-25-19(24)15-11-22(10-14-17(15)20-21-18(14)23)16-7-3-2-5-12(16)9-13-6-4-8-26-13/h4,6,8,10-12,16H,2-3,5,7,9H2,1H3,(H,21,23)/t12-,16+/m1/s1. The van der Waals surface area contributed by atoms with Gasteiger partial charge in [0.05, 0.1) is 18.9 Å². The maximum atomic E-state index is 12.2. The van der Waals surface area contributed by atoms with Crippen LogP contribution in [-0.4, -0.2) is 27.8 Å². The molecule has 7 heteroatoms. The minimum atomic E-state index is -0.491. The molecule has 0 saturated heterocycles. The van der Waals surface area contributed by atoms with E-state index < -0.39 is 5.97 Å². The molecule has 0 aromatic carbocycles. The number of aromatic nitrogens is 3. The summed E-state index contributed by atoms with van der Waals surface area (Å²) >= 11 is 0. The molecule has 2 aliphatic heterocycles. The van der Waals surface area contributed by atoms with Crippen molar-refractivity contribution in [1.82, 2.24) is 14.8 Å². The molecule has 0 radical (unpaired) electrons. The lowest BCUT2D eigenvalue weighted by Crippen LogP contribution is -2.26. The van der Waals surface area contributed by atoms with Crippen LogP contribution in [0.2, 0.25) is 0 Å². The normalized spacial score (nSPS) is 20.3. The van der Waals surface area contributed by atoms with E-state index in [0.717, 1.165) is 31.4 Å². The van der Waals surface area contributed by atoms with Crippen LogP contribution in [0.25, 0.3) is 11.3 Å². The summed E-state index contributed by atoms with van der Waals surface area (Å²) in [5, 5.41) is 6.42. The highest BCUT2D eigenvalue weighted by atomic mass is 16.5. The molecule has 1 saturated carbocycles. The molecular formula is C19H21N3O4. The topological polar surface area (TPSA) is 90.1 Å². The third-order valence-corrected chi connectivity index (χ3v) is 5.28. The summed E-state index contributed by atoms with van der Waals surface area (Å²) in [6.07, 6.45) is 10.5. The van der Waals surface area contributed by atoms with Crippen molar-refractivity contribution in [3.05, 3.63) is 52.5 Å². The molecule has 1 N–H and O–H groups in total. The molecule has 3 aliphatic rings. The first kappa shape index (κ1) is 16.6. The molecule has 1 aromatic heterocycles. The number of carbonyl (C=O) groups is 1. The van der Waals surface area contributed by atoms with Gasteiger partial charge in [-0.3, -0.25) is 4.79 Å². The second kappa shape index (κ2) is 6.82. The van der Waals surface area contributed by atoms with E-state index in [0.29, 0.717) is 22.7 Å². The second-order valence-corrected chi connectivity index (χ2v) is 6.82. The Morgan fingerprint density at radius 3 is 3.00 bits per heavy atom. The highest BCUT2D eigenvalue weighted by Crippen LogP contribution is 2.37. The summed E-state index contributed by atoms with van der Waals surface area (Å²) in [7, 11) is 1.33. The maximum Gasteiger partial charge on any atom is 0.341 e. The van der Waals surface area contributed by atoms with Gasteiger partial charge in [0, 0.05) is 24.9 Å². The molecular weight excluding hydrogens is 334 g/mol. The second-order valence-electron chi connectivity index (χ2n) is 6.82. The van der Waals surface area contributed by atoms with Crippen LogP contribution in [0, 0.1) is 5.92 Å². The Balaban J connectivity index is 1.76. The van der Waals surface area contributed by atoms with Crippen LogP contribution in [0.3, 0.4) is 0 Å². The summed E-state index contributed by atoms with van der Waals surface area (Å²) < 4.78 is 12.4. The number of methoxy groups -OCH3 is 1. The fourth-order valence-electron chi connectivity index (χ4n) is 4.01. The fraction of sp³-hybridized carbons (Fsp3) is 0.421. The Kier molecular flexibility index (Phi) is 4.36. The van der Waals surface area contributed by atoms with E-state index in [4.69, 9.17) is 9.15 Å². The van der Waals surface area contributed by atoms with E-state index in [-0.39, 0.29) is 11.6 Å². The minimum absolute atomic E-state index is 0.191. The van der Waals surface area contributed by atoms with Gasteiger partial charge in [0.15, 0.2) is 0 Å². The minimum Gasteiger partial charge on any atom is -0.469 e. The molecule has 2 atom stereocenters. The van der Waals surface area contributed by atoms with Gasteiger partial charge < -0.3 is 13.7 Å². The van der Waals surface area contributed by atoms with Gasteiger partial charge in [-0.05, 0) is 30.9 Å². The molecule has 0 spiro atoms. The van der Waals surface area contributed by atoms with Gasteiger partial charge in [0.25, 0.3) is 5.56 Å². The number of hydrogen-bond acceptors (Lipinski definition) is 5. The van der Waals surface area contributed by atoms with Crippen LogP contribution in [0.1, 0.15) is 47.8 Å². The lowest BCUT2D eigenvalue weighted by molar-refractivity contribution is 0.0599. The van der Waals surface area contributed by atoms with Gasteiger partial charge in [0.2, 0.25) is 0 Å². The quantitative estimate of drug-likeness (QED) is 0.727. The Labute approximate surface area is 150 Å². The summed E-state index contributed by atoms with van der Waals surface area (Å²) in [5.41, 5.74) is 0.787. The van der Waals surface area contributed by atoms with Gasteiger partial charge in [-0.2, -0.15) is 5.10 Å². The Hall–Kier alpha value is -2.83. The molecule has 1 fully saturated rings. The van der Waals surface area contributed by atoms with E-state index >= 15 is 0 Å². The zero-order valence-electron chi connectivity index (χ0n) is 14.6. The molecule has 0 amide bonds. The first-order valence-electron chi connectivity index (χ1n) is 8.88. The van der Waals surface area contributed by atoms with Crippen LogP contribution >= 0.6 is 0 Å². The molecule has 4 rings (SSSR count). The number of H-pyrrole nitrogens is 1. The van der Waals surface area contributed by atoms with Crippen molar-refractivity contribution in [1.29, 1.82) is 0 Å². The largest absolute Gasteiger partial charge is 0.469 e. The van der Waals surface area contributed by atoms with E-state index in [1.807, 2.05) is 16.7 Å². The number of fused-ring (bicyclic) bond motifs is 1. The first-order chi connectivity index (χ1) is 12.7. The van der Waals surface area contributed by atoms with Crippen LogP contribution in [0.4, 0.5) is 0 Å². The number of furan rings is 1. The predicted octanol–water partition coefficient (Wildman–Crippen LogP) is 3.03. The van der Waals surface area contributed by atoms with Gasteiger partial charge in [0.1, 0.15) is 17.0 Å². The molecule has 136 valence electrons. The van der Waals surface area contributed by atoms with Crippen LogP contribution in [0.15, 0.2) is 40.0 Å². The molecule has 3 heterocycles. The van der Waals surface area contributed by atoms with Crippen LogP contribution in [0.5, 0.6) is 0 Å². The average molecular weight is 355 g/mol. The van der Waals surface area contributed by atoms with E-state index in [2.05, 4.69) is 10.2 Å². The monoisotopic (exact) mass is 355 g/mol. The molecule has 0 bridgehead atoms. The van der Waals surface area contributed by atoms with Gasteiger partial charge in [-0.15, -0.1) is 0 Å². The number of nitrogens with zero attached hydrogens (tertiary/aromatic N) is 2. The predicted molar refractivity (Wildman–Crippen MR) is 94.2 cm³/mol. The Morgan fingerprint density at radius 1 is 1.38 bits per heavy atom. The van der Waals surface area contributed by atoms with Crippen molar-refractivity contribution < 1.29 is 13.9 Å². The third-order valence-electron chi connectivity index (χ3n) is 5.28. The molecule has 0 unspecified atom stereocenters.